The zero-order valence-electron chi connectivity index (χ0n) is 13.6. The molecule has 0 aliphatic carbocycles. The maximum Gasteiger partial charge on any atom is 0.202 e. The van der Waals surface area contributed by atoms with Crippen molar-refractivity contribution in [1.82, 2.24) is 4.98 Å². The number of thioether (sulfide) groups is 1. The molecule has 0 bridgehead atoms. The Morgan fingerprint density at radius 2 is 1.96 bits per heavy atom. The van der Waals surface area contributed by atoms with Gasteiger partial charge in [-0.2, -0.15) is 5.26 Å². The van der Waals surface area contributed by atoms with Gasteiger partial charge in [-0.25, -0.2) is 0 Å². The number of ketones is 1. The maximum absolute atomic E-state index is 12.9. The summed E-state index contributed by atoms with van der Waals surface area (Å²) in [5, 5.41) is 9.97. The standard InChI is InChI=1S/C19H12BrClN2O2S/c1-10(24)15-18(25)16-14(21)7-6-13(20)17(16)23-19(15)26-9-12-4-2-11(8-22)3-5-12/h2-7H,9H2,1H3,(H,23,25). The van der Waals surface area contributed by atoms with Crippen LogP contribution < -0.4 is 5.43 Å². The van der Waals surface area contributed by atoms with Crippen molar-refractivity contribution in [3.05, 3.63) is 72.8 Å². The van der Waals surface area contributed by atoms with Crippen molar-refractivity contribution in [2.45, 2.75) is 17.7 Å². The van der Waals surface area contributed by atoms with Crippen molar-refractivity contribution in [3.63, 3.8) is 0 Å². The van der Waals surface area contributed by atoms with E-state index in [1.165, 1.54) is 18.7 Å². The highest BCUT2D eigenvalue weighted by atomic mass is 79.9. The van der Waals surface area contributed by atoms with Gasteiger partial charge in [-0.15, -0.1) is 11.8 Å². The molecule has 1 heterocycles. The van der Waals surface area contributed by atoms with E-state index in [9.17, 15) is 9.59 Å². The molecule has 0 spiro atoms. The number of hydrogen-bond acceptors (Lipinski definition) is 4. The monoisotopic (exact) mass is 446 g/mol. The van der Waals surface area contributed by atoms with Crippen LogP contribution in [0.15, 0.2) is 50.7 Å². The number of fused-ring (bicyclic) bond motifs is 1. The number of Topliss-reactive ketones (excluding diaryl/α,β-unsaturated/α-hetero) is 1. The predicted molar refractivity (Wildman–Crippen MR) is 108 cm³/mol. The quantitative estimate of drug-likeness (QED) is 0.434. The summed E-state index contributed by atoms with van der Waals surface area (Å²) >= 11 is 11.0. The fourth-order valence-corrected chi connectivity index (χ4v) is 4.29. The highest BCUT2D eigenvalue weighted by Gasteiger charge is 2.19. The van der Waals surface area contributed by atoms with Crippen LogP contribution in [0.3, 0.4) is 0 Å². The lowest BCUT2D eigenvalue weighted by atomic mass is 10.1. The molecule has 0 saturated carbocycles. The smallest absolute Gasteiger partial charge is 0.202 e. The molecule has 1 aromatic heterocycles. The van der Waals surface area contributed by atoms with Gasteiger partial charge < -0.3 is 4.98 Å². The van der Waals surface area contributed by atoms with Gasteiger partial charge in [0.2, 0.25) is 5.43 Å². The van der Waals surface area contributed by atoms with E-state index in [2.05, 4.69) is 27.0 Å². The van der Waals surface area contributed by atoms with E-state index in [1.807, 2.05) is 12.1 Å². The molecule has 0 unspecified atom stereocenters. The number of benzene rings is 2. The summed E-state index contributed by atoms with van der Waals surface area (Å²) < 4.78 is 0.698. The second kappa shape index (κ2) is 7.67. The van der Waals surface area contributed by atoms with Crippen LogP contribution in [0.25, 0.3) is 10.9 Å². The van der Waals surface area contributed by atoms with Gasteiger partial charge in [0.25, 0.3) is 0 Å². The van der Waals surface area contributed by atoms with Gasteiger partial charge in [-0.1, -0.05) is 23.7 Å². The van der Waals surface area contributed by atoms with E-state index in [1.54, 1.807) is 24.3 Å². The van der Waals surface area contributed by atoms with Gasteiger partial charge in [0.05, 0.1) is 38.1 Å². The number of carbonyl (C=O) groups is 1. The molecule has 0 aliphatic heterocycles. The average Bonchev–Trinajstić information content (AvgIpc) is 2.62. The third-order valence-electron chi connectivity index (χ3n) is 3.84. The van der Waals surface area contributed by atoms with Crippen LogP contribution >= 0.6 is 39.3 Å². The number of nitrogens with one attached hydrogen (secondary N) is 1. The van der Waals surface area contributed by atoms with Crippen molar-refractivity contribution in [1.29, 1.82) is 5.26 Å². The SMILES string of the molecule is CC(=O)c1c(SCc2ccc(C#N)cc2)[nH]c2c(Br)ccc(Cl)c2c1=O. The molecule has 3 rings (SSSR count). The first-order chi connectivity index (χ1) is 12.4. The maximum atomic E-state index is 12.9. The minimum atomic E-state index is -0.375. The molecule has 0 saturated heterocycles. The van der Waals surface area contributed by atoms with Crippen LogP contribution in [0.1, 0.15) is 28.4 Å². The van der Waals surface area contributed by atoms with Gasteiger partial charge in [0.1, 0.15) is 0 Å². The zero-order valence-corrected chi connectivity index (χ0v) is 16.8. The van der Waals surface area contributed by atoms with Gasteiger partial charge in [0, 0.05) is 10.2 Å². The number of rotatable bonds is 4. The molecule has 2 aromatic carbocycles. The second-order valence-corrected chi connectivity index (χ2v) is 7.84. The van der Waals surface area contributed by atoms with E-state index in [4.69, 9.17) is 16.9 Å². The van der Waals surface area contributed by atoms with Gasteiger partial charge >= 0.3 is 0 Å². The summed E-state index contributed by atoms with van der Waals surface area (Å²) in [5.41, 5.74) is 1.86. The van der Waals surface area contributed by atoms with Crippen LogP contribution in [0.4, 0.5) is 0 Å². The molecule has 4 nitrogen and oxygen atoms in total. The molecule has 0 aliphatic rings. The van der Waals surface area contributed by atoms with E-state index in [-0.39, 0.29) is 16.8 Å². The third-order valence-corrected chi connectivity index (χ3v) is 5.89. The topological polar surface area (TPSA) is 73.7 Å². The Balaban J connectivity index is 2.08. The Kier molecular flexibility index (Phi) is 5.52. The average molecular weight is 448 g/mol. The van der Waals surface area contributed by atoms with Gasteiger partial charge in [-0.05, 0) is 52.7 Å². The summed E-state index contributed by atoms with van der Waals surface area (Å²) in [5.74, 6) is 0.234. The Morgan fingerprint density at radius 1 is 1.27 bits per heavy atom. The molecule has 7 heteroatoms. The number of H-pyrrole nitrogens is 1. The van der Waals surface area contributed by atoms with Crippen molar-refractivity contribution >= 4 is 56.0 Å². The number of aromatic nitrogens is 1. The lowest BCUT2D eigenvalue weighted by Gasteiger charge is -2.11. The fourth-order valence-electron chi connectivity index (χ4n) is 2.56. The molecule has 0 fully saturated rings. The Bertz CT molecular complexity index is 1120. The molecule has 0 radical (unpaired) electrons. The summed E-state index contributed by atoms with van der Waals surface area (Å²) in [6, 6.07) is 12.6. The highest BCUT2D eigenvalue weighted by Crippen LogP contribution is 2.31. The summed E-state index contributed by atoms with van der Waals surface area (Å²) in [4.78, 5) is 28.1. The number of pyridine rings is 1. The van der Waals surface area contributed by atoms with Crippen LogP contribution in [0.5, 0.6) is 0 Å². The molecular weight excluding hydrogens is 436 g/mol. The van der Waals surface area contributed by atoms with E-state index in [0.29, 0.717) is 36.7 Å². The molecule has 1 N–H and O–H groups in total. The van der Waals surface area contributed by atoms with Crippen molar-refractivity contribution < 1.29 is 4.79 Å². The third kappa shape index (κ3) is 3.56. The van der Waals surface area contributed by atoms with Crippen LogP contribution in [-0.2, 0) is 5.75 Å². The lowest BCUT2D eigenvalue weighted by Crippen LogP contribution is -2.17. The zero-order chi connectivity index (χ0) is 18.8. The number of nitrogens with zero attached hydrogens (tertiary/aromatic N) is 1. The number of aromatic amines is 1. The Morgan fingerprint density at radius 3 is 2.58 bits per heavy atom. The van der Waals surface area contributed by atoms with Crippen molar-refractivity contribution in [3.8, 4) is 6.07 Å². The van der Waals surface area contributed by atoms with Crippen molar-refractivity contribution in [2.24, 2.45) is 0 Å². The fraction of sp³-hybridized carbons (Fsp3) is 0.105. The van der Waals surface area contributed by atoms with Crippen LogP contribution in [-0.4, -0.2) is 10.8 Å². The van der Waals surface area contributed by atoms with E-state index >= 15 is 0 Å². The molecule has 0 amide bonds. The van der Waals surface area contributed by atoms with Crippen LogP contribution in [0, 0.1) is 11.3 Å². The molecule has 3 aromatic rings. The number of nitriles is 1. The van der Waals surface area contributed by atoms with E-state index in [0.717, 1.165) is 5.56 Å². The summed E-state index contributed by atoms with van der Waals surface area (Å²) in [6.07, 6.45) is 0. The Hall–Kier alpha value is -2.07. The largest absolute Gasteiger partial charge is 0.348 e. The molecule has 26 heavy (non-hydrogen) atoms. The van der Waals surface area contributed by atoms with Crippen molar-refractivity contribution in [2.75, 3.05) is 0 Å². The molecular formula is C19H12BrClN2O2S. The highest BCUT2D eigenvalue weighted by molar-refractivity contribution is 9.10. The second-order valence-electron chi connectivity index (χ2n) is 5.59. The van der Waals surface area contributed by atoms with Gasteiger partial charge in [-0.3, -0.25) is 9.59 Å². The Labute approximate surface area is 167 Å². The normalized spacial score (nSPS) is 10.7. The number of carbonyl (C=O) groups excluding carboxylic acids is 1. The molecule has 0 atom stereocenters. The predicted octanol–water partition coefficient (Wildman–Crippen LogP) is 5.31. The first kappa shape index (κ1) is 18.7. The number of halogens is 2. The minimum absolute atomic E-state index is 0.108. The first-order valence-electron chi connectivity index (χ1n) is 7.59. The van der Waals surface area contributed by atoms with Gasteiger partial charge in [0.15, 0.2) is 5.78 Å². The summed E-state index contributed by atoms with van der Waals surface area (Å²) in [7, 11) is 0. The number of hydrogen-bond donors (Lipinski definition) is 1. The molecule has 130 valence electrons. The van der Waals surface area contributed by atoms with E-state index < -0.39 is 0 Å². The summed E-state index contributed by atoms with van der Waals surface area (Å²) in [6.45, 7) is 1.37. The van der Waals surface area contributed by atoms with Crippen LogP contribution in [0.2, 0.25) is 5.02 Å². The lowest BCUT2D eigenvalue weighted by molar-refractivity contribution is 0.101. The first-order valence-corrected chi connectivity index (χ1v) is 9.74. The minimum Gasteiger partial charge on any atom is -0.348 e.